The summed E-state index contributed by atoms with van der Waals surface area (Å²) in [5.74, 6) is 0.511. The second kappa shape index (κ2) is 2.74. The second-order valence-corrected chi connectivity index (χ2v) is 2.13. The van der Waals surface area contributed by atoms with E-state index < -0.39 is 5.97 Å². The van der Waals surface area contributed by atoms with Crippen LogP contribution in [-0.2, 0) is 4.74 Å². The number of esters is 1. The van der Waals surface area contributed by atoms with E-state index >= 15 is 0 Å². The number of aryl methyl sites for hydroxylation is 2. The van der Waals surface area contributed by atoms with Crippen LogP contribution in [0, 0.1) is 13.8 Å². The second-order valence-electron chi connectivity index (χ2n) is 2.13. The average molecular weight is 155 g/mol. The summed E-state index contributed by atoms with van der Waals surface area (Å²) in [6, 6.07) is 0. The molecular weight excluding hydrogens is 146 g/mol. The van der Waals surface area contributed by atoms with Gasteiger partial charge in [0.2, 0.25) is 0 Å². The Morgan fingerprint density at radius 1 is 1.55 bits per heavy atom. The van der Waals surface area contributed by atoms with Crippen molar-refractivity contribution in [3.8, 4) is 0 Å². The van der Waals surface area contributed by atoms with Crippen molar-refractivity contribution < 1.29 is 13.9 Å². The molecule has 0 atom stereocenters. The van der Waals surface area contributed by atoms with Gasteiger partial charge in [0.15, 0.2) is 11.6 Å². The molecule has 0 aromatic carbocycles. The Balaban J connectivity index is 3.03. The quantitative estimate of drug-likeness (QED) is 0.569. The smallest absolute Gasteiger partial charge is 0.360 e. The molecule has 0 aliphatic carbocycles. The van der Waals surface area contributed by atoms with Gasteiger partial charge in [0.05, 0.1) is 7.11 Å². The van der Waals surface area contributed by atoms with Gasteiger partial charge in [-0.05, 0) is 6.92 Å². The van der Waals surface area contributed by atoms with Crippen molar-refractivity contribution in [3.63, 3.8) is 0 Å². The van der Waals surface area contributed by atoms with Gasteiger partial charge in [-0.15, -0.1) is 0 Å². The van der Waals surface area contributed by atoms with E-state index in [-0.39, 0.29) is 5.69 Å². The highest BCUT2D eigenvalue weighted by atomic mass is 16.5. The molecule has 4 nitrogen and oxygen atoms in total. The fourth-order valence-electron chi connectivity index (χ4n) is 0.815. The summed E-state index contributed by atoms with van der Waals surface area (Å²) in [5, 5.41) is 0. The van der Waals surface area contributed by atoms with Crippen LogP contribution < -0.4 is 0 Å². The Bertz CT molecular complexity index is 277. The molecule has 0 unspecified atom stereocenters. The van der Waals surface area contributed by atoms with E-state index in [9.17, 15) is 4.79 Å². The summed E-state index contributed by atoms with van der Waals surface area (Å²) in [5.41, 5.74) is 0.255. The van der Waals surface area contributed by atoms with Gasteiger partial charge in [0, 0.05) is 6.92 Å². The Morgan fingerprint density at radius 2 is 2.18 bits per heavy atom. The first-order chi connectivity index (χ1) is 5.15. The topological polar surface area (TPSA) is 52.3 Å². The summed E-state index contributed by atoms with van der Waals surface area (Å²) in [7, 11) is 1.31. The first kappa shape index (κ1) is 7.78. The molecule has 0 spiro atoms. The highest BCUT2D eigenvalue weighted by molar-refractivity contribution is 5.88. The van der Waals surface area contributed by atoms with Crippen LogP contribution in [0.25, 0.3) is 0 Å². The molecular formula is C7H9NO3. The SMILES string of the molecule is COC(=O)c1nc(C)oc1C. The zero-order valence-electron chi connectivity index (χ0n) is 6.67. The zero-order valence-corrected chi connectivity index (χ0v) is 6.67. The molecule has 4 heteroatoms. The van der Waals surface area contributed by atoms with Crippen molar-refractivity contribution in [2.24, 2.45) is 0 Å². The highest BCUT2D eigenvalue weighted by Crippen LogP contribution is 2.09. The van der Waals surface area contributed by atoms with Gasteiger partial charge < -0.3 is 9.15 Å². The number of hydrogen-bond donors (Lipinski definition) is 0. The maximum absolute atomic E-state index is 10.9. The molecule has 0 amide bonds. The lowest BCUT2D eigenvalue weighted by molar-refractivity contribution is 0.0593. The van der Waals surface area contributed by atoms with E-state index in [2.05, 4.69) is 9.72 Å². The minimum atomic E-state index is -0.459. The maximum atomic E-state index is 10.9. The van der Waals surface area contributed by atoms with Crippen LogP contribution in [0.2, 0.25) is 0 Å². The van der Waals surface area contributed by atoms with E-state index in [1.807, 2.05) is 0 Å². The number of carbonyl (C=O) groups excluding carboxylic acids is 1. The van der Waals surface area contributed by atoms with Crippen LogP contribution in [0.5, 0.6) is 0 Å². The van der Waals surface area contributed by atoms with Gasteiger partial charge in [-0.25, -0.2) is 9.78 Å². The van der Waals surface area contributed by atoms with Crippen molar-refractivity contribution >= 4 is 5.97 Å². The number of oxazole rings is 1. The fraction of sp³-hybridized carbons (Fsp3) is 0.429. The number of ether oxygens (including phenoxy) is 1. The molecule has 0 aliphatic heterocycles. The Labute approximate surface area is 64.2 Å². The molecule has 11 heavy (non-hydrogen) atoms. The van der Waals surface area contributed by atoms with E-state index in [1.165, 1.54) is 7.11 Å². The van der Waals surface area contributed by atoms with Crippen LogP contribution in [0.4, 0.5) is 0 Å². The third-order valence-electron chi connectivity index (χ3n) is 1.28. The predicted molar refractivity (Wildman–Crippen MR) is 37.3 cm³/mol. The first-order valence-corrected chi connectivity index (χ1v) is 3.17. The van der Waals surface area contributed by atoms with Gasteiger partial charge >= 0.3 is 5.97 Å². The molecule has 0 saturated carbocycles. The Morgan fingerprint density at radius 3 is 2.55 bits per heavy atom. The standard InChI is InChI=1S/C7H9NO3/c1-4-6(7(9)10-3)8-5(2)11-4/h1-3H3. The molecule has 0 bridgehead atoms. The zero-order chi connectivity index (χ0) is 8.43. The molecule has 1 aromatic rings. The average Bonchev–Trinajstić information content (AvgIpc) is 2.28. The molecule has 0 fully saturated rings. The third kappa shape index (κ3) is 1.39. The monoisotopic (exact) mass is 155 g/mol. The molecule has 1 rings (SSSR count). The Hall–Kier alpha value is -1.32. The molecule has 1 heterocycles. The van der Waals surface area contributed by atoms with Crippen molar-refractivity contribution in [1.82, 2.24) is 4.98 Å². The third-order valence-corrected chi connectivity index (χ3v) is 1.28. The van der Waals surface area contributed by atoms with E-state index in [0.717, 1.165) is 0 Å². The minimum absolute atomic E-state index is 0.255. The minimum Gasteiger partial charge on any atom is -0.464 e. The molecule has 0 saturated heterocycles. The van der Waals surface area contributed by atoms with Crippen LogP contribution in [-0.4, -0.2) is 18.1 Å². The number of methoxy groups -OCH3 is 1. The summed E-state index contributed by atoms with van der Waals surface area (Å²) in [6.07, 6.45) is 0. The molecule has 0 N–H and O–H groups in total. The summed E-state index contributed by atoms with van der Waals surface area (Å²) >= 11 is 0. The van der Waals surface area contributed by atoms with Crippen LogP contribution >= 0.6 is 0 Å². The van der Waals surface area contributed by atoms with E-state index in [1.54, 1.807) is 13.8 Å². The van der Waals surface area contributed by atoms with Crippen LogP contribution in [0.15, 0.2) is 4.42 Å². The lowest BCUT2D eigenvalue weighted by atomic mass is 10.4. The molecule has 0 radical (unpaired) electrons. The van der Waals surface area contributed by atoms with Crippen LogP contribution in [0.3, 0.4) is 0 Å². The van der Waals surface area contributed by atoms with E-state index in [4.69, 9.17) is 4.42 Å². The van der Waals surface area contributed by atoms with Crippen molar-refractivity contribution in [1.29, 1.82) is 0 Å². The number of rotatable bonds is 1. The van der Waals surface area contributed by atoms with Crippen molar-refractivity contribution in [2.45, 2.75) is 13.8 Å². The molecule has 60 valence electrons. The van der Waals surface area contributed by atoms with Gasteiger partial charge in [0.1, 0.15) is 5.76 Å². The van der Waals surface area contributed by atoms with Crippen molar-refractivity contribution in [2.75, 3.05) is 7.11 Å². The number of carbonyl (C=O) groups is 1. The summed E-state index contributed by atoms with van der Waals surface area (Å²) in [6.45, 7) is 3.35. The maximum Gasteiger partial charge on any atom is 0.360 e. The number of aromatic nitrogens is 1. The lowest BCUT2D eigenvalue weighted by Gasteiger charge is -1.91. The molecule has 1 aromatic heterocycles. The number of hydrogen-bond acceptors (Lipinski definition) is 4. The van der Waals surface area contributed by atoms with Gasteiger partial charge in [0.25, 0.3) is 0 Å². The Kier molecular flexibility index (Phi) is 1.94. The fourth-order valence-corrected chi connectivity index (χ4v) is 0.815. The van der Waals surface area contributed by atoms with Gasteiger partial charge in [-0.2, -0.15) is 0 Å². The highest BCUT2D eigenvalue weighted by Gasteiger charge is 2.14. The van der Waals surface area contributed by atoms with E-state index in [0.29, 0.717) is 11.7 Å². The predicted octanol–water partition coefficient (Wildman–Crippen LogP) is 1.08. The normalized spacial score (nSPS) is 9.73. The summed E-state index contributed by atoms with van der Waals surface area (Å²) in [4.78, 5) is 14.7. The lowest BCUT2D eigenvalue weighted by Crippen LogP contribution is -2.03. The van der Waals surface area contributed by atoms with Gasteiger partial charge in [-0.1, -0.05) is 0 Å². The van der Waals surface area contributed by atoms with Gasteiger partial charge in [-0.3, -0.25) is 0 Å². The number of nitrogens with zero attached hydrogens (tertiary/aromatic N) is 1. The summed E-state index contributed by atoms with van der Waals surface area (Å²) < 4.78 is 9.49. The largest absolute Gasteiger partial charge is 0.464 e. The first-order valence-electron chi connectivity index (χ1n) is 3.17. The van der Waals surface area contributed by atoms with Crippen molar-refractivity contribution in [3.05, 3.63) is 17.3 Å². The van der Waals surface area contributed by atoms with Crippen LogP contribution in [0.1, 0.15) is 22.1 Å². The molecule has 0 aliphatic rings.